The van der Waals surface area contributed by atoms with Gasteiger partial charge in [0, 0.05) is 19.1 Å². The van der Waals surface area contributed by atoms with E-state index in [1.54, 1.807) is 0 Å². The maximum atomic E-state index is 6.09. The van der Waals surface area contributed by atoms with E-state index in [4.69, 9.17) is 5.73 Å². The molecule has 0 bridgehead atoms. The molecule has 1 saturated heterocycles. The van der Waals surface area contributed by atoms with Crippen LogP contribution in [0, 0.1) is 13.8 Å². The number of hydrogen-bond donors (Lipinski definition) is 1. The summed E-state index contributed by atoms with van der Waals surface area (Å²) in [6.07, 6.45) is 2.41. The average molecular weight is 274 g/mol. The number of hydrogen-bond acceptors (Lipinski definition) is 2. The van der Waals surface area contributed by atoms with Gasteiger partial charge in [-0.15, -0.1) is 0 Å². The summed E-state index contributed by atoms with van der Waals surface area (Å²) in [4.78, 5) is 2.51. The molecule has 1 aliphatic heterocycles. The van der Waals surface area contributed by atoms with Crippen LogP contribution >= 0.6 is 0 Å². The molecule has 1 heterocycles. The highest BCUT2D eigenvalue weighted by Crippen LogP contribution is 2.28. The number of likely N-dealkylation sites (tertiary alicyclic amines) is 1. The van der Waals surface area contributed by atoms with Crippen LogP contribution in [0.15, 0.2) is 12.1 Å². The van der Waals surface area contributed by atoms with E-state index in [1.165, 1.54) is 41.6 Å². The summed E-state index contributed by atoms with van der Waals surface area (Å²) < 4.78 is 0. The molecule has 1 aromatic rings. The zero-order valence-corrected chi connectivity index (χ0v) is 13.8. The Morgan fingerprint density at radius 3 is 2.30 bits per heavy atom. The Bertz CT molecular complexity index is 448. The van der Waals surface area contributed by atoms with Crippen LogP contribution in [0.1, 0.15) is 55.9 Å². The molecule has 2 rings (SSSR count). The van der Waals surface area contributed by atoms with Crippen LogP contribution in [-0.4, -0.2) is 24.0 Å². The molecular formula is C18H30N2. The molecule has 0 saturated carbocycles. The summed E-state index contributed by atoms with van der Waals surface area (Å²) in [5.74, 6) is 0. The van der Waals surface area contributed by atoms with Crippen LogP contribution in [-0.2, 0) is 12.0 Å². The lowest BCUT2D eigenvalue weighted by Crippen LogP contribution is -2.42. The van der Waals surface area contributed by atoms with E-state index in [-0.39, 0.29) is 5.41 Å². The summed E-state index contributed by atoms with van der Waals surface area (Å²) in [7, 11) is 0. The monoisotopic (exact) mass is 274 g/mol. The van der Waals surface area contributed by atoms with Crippen molar-refractivity contribution in [1.29, 1.82) is 0 Å². The van der Waals surface area contributed by atoms with Gasteiger partial charge >= 0.3 is 0 Å². The number of nitrogens with two attached hydrogens (primary N) is 1. The van der Waals surface area contributed by atoms with E-state index in [1.807, 2.05) is 0 Å². The molecule has 1 aliphatic rings. The van der Waals surface area contributed by atoms with Crippen molar-refractivity contribution in [3.05, 3.63) is 34.4 Å². The van der Waals surface area contributed by atoms with Crippen LogP contribution < -0.4 is 5.73 Å². The van der Waals surface area contributed by atoms with E-state index in [2.05, 4.69) is 51.7 Å². The molecule has 0 amide bonds. The van der Waals surface area contributed by atoms with Crippen molar-refractivity contribution in [2.24, 2.45) is 5.73 Å². The zero-order valence-electron chi connectivity index (χ0n) is 13.8. The van der Waals surface area contributed by atoms with E-state index in [0.717, 1.165) is 13.1 Å². The Morgan fingerprint density at radius 1 is 1.20 bits per heavy atom. The van der Waals surface area contributed by atoms with Crippen LogP contribution in [0.25, 0.3) is 0 Å². The minimum absolute atomic E-state index is 0.224. The maximum Gasteiger partial charge on any atom is 0.0239 e. The average Bonchev–Trinajstić information content (AvgIpc) is 2.32. The van der Waals surface area contributed by atoms with Crippen molar-refractivity contribution in [2.75, 3.05) is 13.1 Å². The summed E-state index contributed by atoms with van der Waals surface area (Å²) in [5.41, 5.74) is 12.1. The quantitative estimate of drug-likeness (QED) is 0.894. The Balaban J connectivity index is 2.20. The topological polar surface area (TPSA) is 29.3 Å². The molecular weight excluding hydrogens is 244 g/mol. The van der Waals surface area contributed by atoms with Gasteiger partial charge in [0.25, 0.3) is 0 Å². The first kappa shape index (κ1) is 15.5. The standard InChI is InChI=1S/C18H30N2/c1-13-9-15(18(3,4)5)10-14(2)17(13)12-20-8-6-7-16(19)11-20/h9-10,16H,6-8,11-12,19H2,1-5H3. The van der Waals surface area contributed by atoms with Crippen molar-refractivity contribution >= 4 is 0 Å². The van der Waals surface area contributed by atoms with Crippen molar-refractivity contribution in [2.45, 2.75) is 65.5 Å². The summed E-state index contributed by atoms with van der Waals surface area (Å²) in [6.45, 7) is 14.6. The lowest BCUT2D eigenvalue weighted by atomic mass is 9.83. The second kappa shape index (κ2) is 5.87. The van der Waals surface area contributed by atoms with Crippen molar-refractivity contribution in [1.82, 2.24) is 4.90 Å². The highest BCUT2D eigenvalue weighted by molar-refractivity contribution is 5.40. The van der Waals surface area contributed by atoms with Gasteiger partial charge in [-0.2, -0.15) is 0 Å². The van der Waals surface area contributed by atoms with Gasteiger partial charge in [-0.3, -0.25) is 4.90 Å². The van der Waals surface area contributed by atoms with Crippen LogP contribution in [0.4, 0.5) is 0 Å². The Hall–Kier alpha value is -0.860. The van der Waals surface area contributed by atoms with Gasteiger partial charge in [-0.1, -0.05) is 32.9 Å². The first-order valence-corrected chi connectivity index (χ1v) is 7.86. The summed E-state index contributed by atoms with van der Waals surface area (Å²) in [6, 6.07) is 5.09. The fourth-order valence-electron chi connectivity index (χ4n) is 3.13. The van der Waals surface area contributed by atoms with Crippen molar-refractivity contribution in [3.8, 4) is 0 Å². The summed E-state index contributed by atoms with van der Waals surface area (Å²) in [5, 5.41) is 0. The van der Waals surface area contributed by atoms with E-state index in [9.17, 15) is 0 Å². The minimum atomic E-state index is 0.224. The first-order chi connectivity index (χ1) is 9.27. The molecule has 112 valence electrons. The molecule has 1 atom stereocenters. The number of benzene rings is 1. The van der Waals surface area contributed by atoms with Gasteiger partial charge in [0.2, 0.25) is 0 Å². The normalized spacial score (nSPS) is 21.2. The van der Waals surface area contributed by atoms with E-state index in [0.29, 0.717) is 6.04 Å². The van der Waals surface area contributed by atoms with Crippen molar-refractivity contribution in [3.63, 3.8) is 0 Å². The third kappa shape index (κ3) is 3.62. The fourth-order valence-corrected chi connectivity index (χ4v) is 3.13. The molecule has 2 nitrogen and oxygen atoms in total. The minimum Gasteiger partial charge on any atom is -0.327 e. The van der Waals surface area contributed by atoms with Gasteiger partial charge in [-0.05, 0) is 60.9 Å². The Morgan fingerprint density at radius 2 is 1.80 bits per heavy atom. The van der Waals surface area contributed by atoms with Crippen LogP contribution in [0.5, 0.6) is 0 Å². The van der Waals surface area contributed by atoms with Crippen molar-refractivity contribution < 1.29 is 0 Å². The van der Waals surface area contributed by atoms with Gasteiger partial charge in [-0.25, -0.2) is 0 Å². The van der Waals surface area contributed by atoms with Crippen LogP contribution in [0.3, 0.4) is 0 Å². The van der Waals surface area contributed by atoms with Gasteiger partial charge in [0.15, 0.2) is 0 Å². The van der Waals surface area contributed by atoms with Gasteiger partial charge < -0.3 is 5.73 Å². The van der Waals surface area contributed by atoms with Gasteiger partial charge in [0.05, 0.1) is 0 Å². The number of rotatable bonds is 2. The molecule has 0 spiro atoms. The predicted molar refractivity (Wildman–Crippen MR) is 87.1 cm³/mol. The number of piperidine rings is 1. The lowest BCUT2D eigenvalue weighted by Gasteiger charge is -2.32. The fraction of sp³-hybridized carbons (Fsp3) is 0.667. The second-order valence-corrected chi connectivity index (χ2v) is 7.48. The highest BCUT2D eigenvalue weighted by Gasteiger charge is 2.20. The summed E-state index contributed by atoms with van der Waals surface area (Å²) >= 11 is 0. The SMILES string of the molecule is Cc1cc(C(C)(C)C)cc(C)c1CN1CCCC(N)C1. The third-order valence-corrected chi connectivity index (χ3v) is 4.49. The molecule has 1 unspecified atom stereocenters. The molecule has 0 aliphatic carbocycles. The second-order valence-electron chi connectivity index (χ2n) is 7.48. The van der Waals surface area contributed by atoms with E-state index >= 15 is 0 Å². The molecule has 20 heavy (non-hydrogen) atoms. The molecule has 1 fully saturated rings. The zero-order chi connectivity index (χ0) is 14.9. The van der Waals surface area contributed by atoms with E-state index < -0.39 is 0 Å². The first-order valence-electron chi connectivity index (χ1n) is 7.86. The largest absolute Gasteiger partial charge is 0.327 e. The predicted octanol–water partition coefficient (Wildman–Crippen LogP) is 3.52. The smallest absolute Gasteiger partial charge is 0.0239 e. The molecule has 1 aromatic carbocycles. The molecule has 0 aromatic heterocycles. The highest BCUT2D eigenvalue weighted by atomic mass is 15.1. The third-order valence-electron chi connectivity index (χ3n) is 4.49. The van der Waals surface area contributed by atoms with Gasteiger partial charge in [0.1, 0.15) is 0 Å². The number of nitrogens with zero attached hydrogens (tertiary/aromatic N) is 1. The maximum absolute atomic E-state index is 6.09. The Labute approximate surface area is 124 Å². The lowest BCUT2D eigenvalue weighted by molar-refractivity contribution is 0.201. The Kier molecular flexibility index (Phi) is 4.55. The molecule has 2 heteroatoms. The molecule has 0 radical (unpaired) electrons. The number of aryl methyl sites for hydroxylation is 2. The molecule has 2 N–H and O–H groups in total. The van der Waals surface area contributed by atoms with Crippen LogP contribution in [0.2, 0.25) is 0 Å².